The highest BCUT2D eigenvalue weighted by Crippen LogP contribution is 1.93. The van der Waals surface area contributed by atoms with Crippen LogP contribution in [0.15, 0.2) is 27.8 Å². The maximum absolute atomic E-state index is 10.7. The molecule has 0 amide bonds. The third kappa shape index (κ3) is 0.556. The molecule has 0 aliphatic rings. The standard InChI is InChI=1S/C6H3N2O2/c9-6-8-2-1-7-3-5(8)4-10-6/h1-3H. The van der Waals surface area contributed by atoms with E-state index >= 15 is 0 Å². The molecule has 49 valence electrons. The van der Waals surface area contributed by atoms with Gasteiger partial charge in [-0.2, -0.15) is 0 Å². The van der Waals surface area contributed by atoms with Crippen molar-refractivity contribution in [2.24, 2.45) is 0 Å². The SMILES string of the molecule is O=c1o[c]c2cnccn12. The first-order valence-electron chi connectivity index (χ1n) is 2.71. The Kier molecular flexibility index (Phi) is 0.887. The van der Waals surface area contributed by atoms with Gasteiger partial charge in [0.25, 0.3) is 0 Å². The molecule has 0 fully saturated rings. The molecule has 4 nitrogen and oxygen atoms in total. The zero-order chi connectivity index (χ0) is 6.97. The summed E-state index contributed by atoms with van der Waals surface area (Å²) in [6.07, 6.45) is 6.94. The Balaban J connectivity index is 3.07. The third-order valence-electron chi connectivity index (χ3n) is 1.20. The van der Waals surface area contributed by atoms with Crippen molar-refractivity contribution in [1.82, 2.24) is 9.38 Å². The third-order valence-corrected chi connectivity index (χ3v) is 1.20. The van der Waals surface area contributed by atoms with Gasteiger partial charge in [0.15, 0.2) is 0 Å². The lowest BCUT2D eigenvalue weighted by Crippen LogP contribution is -2.04. The first-order valence-corrected chi connectivity index (χ1v) is 2.71. The fourth-order valence-corrected chi connectivity index (χ4v) is 0.741. The normalized spacial score (nSPS) is 10.4. The molecule has 10 heavy (non-hydrogen) atoms. The van der Waals surface area contributed by atoms with Gasteiger partial charge in [0.1, 0.15) is 5.52 Å². The van der Waals surface area contributed by atoms with Crippen LogP contribution in [0.25, 0.3) is 5.52 Å². The summed E-state index contributed by atoms with van der Waals surface area (Å²) in [7, 11) is 0. The summed E-state index contributed by atoms with van der Waals surface area (Å²) in [4.78, 5) is 14.5. The fraction of sp³-hybridized carbons (Fsp3) is 0. The van der Waals surface area contributed by atoms with Crippen molar-refractivity contribution in [2.45, 2.75) is 0 Å². The lowest BCUT2D eigenvalue weighted by molar-refractivity contribution is 0.500. The molecule has 0 spiro atoms. The van der Waals surface area contributed by atoms with Gasteiger partial charge < -0.3 is 4.42 Å². The van der Waals surface area contributed by atoms with Crippen molar-refractivity contribution in [3.05, 3.63) is 35.4 Å². The average molecular weight is 135 g/mol. The van der Waals surface area contributed by atoms with E-state index in [1.54, 1.807) is 0 Å². The van der Waals surface area contributed by atoms with Gasteiger partial charge in [0.05, 0.1) is 6.20 Å². The lowest BCUT2D eigenvalue weighted by atomic mass is 10.6. The predicted octanol–water partition coefficient (Wildman–Crippen LogP) is 0.0877. The largest absolute Gasteiger partial charge is 0.424 e. The number of fused-ring (bicyclic) bond motifs is 1. The molecule has 0 saturated heterocycles. The van der Waals surface area contributed by atoms with Gasteiger partial charge in [-0.25, -0.2) is 9.20 Å². The highest BCUT2D eigenvalue weighted by molar-refractivity contribution is 5.38. The van der Waals surface area contributed by atoms with Gasteiger partial charge in [0.2, 0.25) is 6.26 Å². The number of hydrogen-bond donors (Lipinski definition) is 0. The van der Waals surface area contributed by atoms with Gasteiger partial charge in [0, 0.05) is 12.4 Å². The van der Waals surface area contributed by atoms with Crippen LogP contribution < -0.4 is 5.76 Å². The molecule has 4 heteroatoms. The topological polar surface area (TPSA) is 47.5 Å². The van der Waals surface area contributed by atoms with Gasteiger partial charge >= 0.3 is 5.76 Å². The predicted molar refractivity (Wildman–Crippen MR) is 32.6 cm³/mol. The summed E-state index contributed by atoms with van der Waals surface area (Å²) in [6.45, 7) is 0. The Morgan fingerprint density at radius 3 is 3.40 bits per heavy atom. The van der Waals surface area contributed by atoms with E-state index in [4.69, 9.17) is 0 Å². The Morgan fingerprint density at radius 2 is 2.60 bits per heavy atom. The smallest absolute Gasteiger partial charge is 0.403 e. The molecule has 1 radical (unpaired) electrons. The first kappa shape index (κ1) is 5.22. The minimum absolute atomic E-state index is 0.433. The van der Waals surface area contributed by atoms with Crippen molar-refractivity contribution in [1.29, 1.82) is 0 Å². The minimum atomic E-state index is -0.433. The second-order valence-electron chi connectivity index (χ2n) is 1.80. The van der Waals surface area contributed by atoms with E-state index < -0.39 is 5.76 Å². The quantitative estimate of drug-likeness (QED) is 0.514. The summed E-state index contributed by atoms with van der Waals surface area (Å²) in [5.74, 6) is -0.433. The minimum Gasteiger partial charge on any atom is -0.403 e. The van der Waals surface area contributed by atoms with Crippen LogP contribution in [0, 0.1) is 6.26 Å². The van der Waals surface area contributed by atoms with E-state index in [9.17, 15) is 4.79 Å². The molecule has 0 saturated carbocycles. The van der Waals surface area contributed by atoms with E-state index in [0.29, 0.717) is 5.52 Å². The molecule has 0 aliphatic carbocycles. The number of nitrogens with zero attached hydrogens (tertiary/aromatic N) is 2. The fourth-order valence-electron chi connectivity index (χ4n) is 0.741. The summed E-state index contributed by atoms with van der Waals surface area (Å²) < 4.78 is 5.78. The van der Waals surface area contributed by atoms with E-state index in [-0.39, 0.29) is 0 Å². The van der Waals surface area contributed by atoms with Crippen LogP contribution in [0.2, 0.25) is 0 Å². The van der Waals surface area contributed by atoms with E-state index in [0.717, 1.165) is 0 Å². The van der Waals surface area contributed by atoms with E-state index in [2.05, 4.69) is 15.7 Å². The average Bonchev–Trinajstić information content (AvgIpc) is 2.34. The summed E-state index contributed by atoms with van der Waals surface area (Å²) in [5, 5.41) is 0. The van der Waals surface area contributed by atoms with Crippen molar-refractivity contribution >= 4 is 5.52 Å². The molecule has 2 rings (SSSR count). The van der Waals surface area contributed by atoms with Crippen LogP contribution in [-0.2, 0) is 0 Å². The Bertz CT molecular complexity index is 401. The van der Waals surface area contributed by atoms with Crippen molar-refractivity contribution in [3.8, 4) is 0 Å². The number of oxazole rings is 1. The molecule has 0 aliphatic heterocycles. The highest BCUT2D eigenvalue weighted by Gasteiger charge is 1.96. The maximum atomic E-state index is 10.7. The van der Waals surface area contributed by atoms with Crippen LogP contribution >= 0.6 is 0 Å². The molecular formula is C6H3N2O2. The number of hydrogen-bond acceptors (Lipinski definition) is 3. The molecule has 0 N–H and O–H groups in total. The molecule has 0 aromatic carbocycles. The molecule has 0 atom stereocenters. The highest BCUT2D eigenvalue weighted by atomic mass is 16.4. The van der Waals surface area contributed by atoms with Crippen molar-refractivity contribution in [3.63, 3.8) is 0 Å². The van der Waals surface area contributed by atoms with Crippen LogP contribution in [0.4, 0.5) is 0 Å². The zero-order valence-electron chi connectivity index (χ0n) is 4.94. The van der Waals surface area contributed by atoms with Crippen LogP contribution in [0.3, 0.4) is 0 Å². The Morgan fingerprint density at radius 1 is 1.70 bits per heavy atom. The number of rotatable bonds is 0. The second kappa shape index (κ2) is 1.70. The maximum Gasteiger partial charge on any atom is 0.424 e. The molecule has 2 aromatic rings. The molecule has 2 heterocycles. The van der Waals surface area contributed by atoms with Gasteiger partial charge in [-0.3, -0.25) is 4.98 Å². The second-order valence-corrected chi connectivity index (χ2v) is 1.80. The van der Waals surface area contributed by atoms with Crippen molar-refractivity contribution < 1.29 is 4.42 Å². The van der Waals surface area contributed by atoms with Crippen molar-refractivity contribution in [2.75, 3.05) is 0 Å². The Labute approximate surface area is 55.7 Å². The summed E-state index contributed by atoms with van der Waals surface area (Å²) in [5.41, 5.74) is 0.549. The molecule has 0 bridgehead atoms. The van der Waals surface area contributed by atoms with Crippen LogP contribution in [0.5, 0.6) is 0 Å². The van der Waals surface area contributed by atoms with Crippen LogP contribution in [-0.4, -0.2) is 9.38 Å². The lowest BCUT2D eigenvalue weighted by Gasteiger charge is -1.83. The number of aromatic nitrogens is 2. The van der Waals surface area contributed by atoms with E-state index in [1.165, 1.54) is 23.0 Å². The molecule has 2 aromatic heterocycles. The summed E-state index contributed by atoms with van der Waals surface area (Å²) >= 11 is 0. The van der Waals surface area contributed by atoms with Gasteiger partial charge in [-0.05, 0) is 0 Å². The van der Waals surface area contributed by atoms with Gasteiger partial charge in [-0.1, -0.05) is 0 Å². The Hall–Kier alpha value is -1.58. The van der Waals surface area contributed by atoms with Crippen LogP contribution in [0.1, 0.15) is 0 Å². The molecule has 0 unspecified atom stereocenters. The van der Waals surface area contributed by atoms with Gasteiger partial charge in [-0.15, -0.1) is 0 Å². The first-order chi connectivity index (χ1) is 4.88. The van der Waals surface area contributed by atoms with E-state index in [1.807, 2.05) is 0 Å². The monoisotopic (exact) mass is 135 g/mol. The zero-order valence-corrected chi connectivity index (χ0v) is 4.94. The summed E-state index contributed by atoms with van der Waals surface area (Å²) in [6, 6.07) is 0. The molecular weight excluding hydrogens is 132 g/mol.